The maximum absolute atomic E-state index is 13.6. The third kappa shape index (κ3) is 3.99. The fraction of sp³-hybridized carbons (Fsp3) is 0.357. The summed E-state index contributed by atoms with van der Waals surface area (Å²) in [4.78, 5) is 4.40. The summed E-state index contributed by atoms with van der Waals surface area (Å²) in [5.74, 6) is -2.04. The lowest BCUT2D eigenvalue weighted by Gasteiger charge is -2.06. The van der Waals surface area contributed by atoms with Crippen molar-refractivity contribution >= 4 is 27.3 Å². The second kappa shape index (κ2) is 6.37. The van der Waals surface area contributed by atoms with Crippen LogP contribution in [0.4, 0.5) is 8.78 Å². The summed E-state index contributed by atoms with van der Waals surface area (Å²) >= 11 is 4.64. The summed E-state index contributed by atoms with van der Waals surface area (Å²) in [6.45, 7) is 0.863. The second-order valence-corrected chi connectivity index (χ2v) is 6.73. The minimum Gasteiger partial charge on any atom is -0.484 e. The van der Waals surface area contributed by atoms with E-state index in [2.05, 4.69) is 26.2 Å². The summed E-state index contributed by atoms with van der Waals surface area (Å²) in [7, 11) is 0. The van der Waals surface area contributed by atoms with Crippen molar-refractivity contribution < 1.29 is 13.5 Å². The number of nitrogens with zero attached hydrogens (tertiary/aromatic N) is 1. The van der Waals surface area contributed by atoms with Gasteiger partial charge in [0.1, 0.15) is 11.6 Å². The minimum atomic E-state index is -0.982. The van der Waals surface area contributed by atoms with Gasteiger partial charge in [0.25, 0.3) is 0 Å². The Morgan fingerprint density at radius 3 is 2.95 bits per heavy atom. The molecule has 1 saturated carbocycles. The van der Waals surface area contributed by atoms with Crippen LogP contribution in [0.25, 0.3) is 0 Å². The molecule has 1 heterocycles. The zero-order chi connectivity index (χ0) is 14.8. The van der Waals surface area contributed by atoms with E-state index in [9.17, 15) is 8.78 Å². The fourth-order valence-electron chi connectivity index (χ4n) is 1.80. The summed E-state index contributed by atoms with van der Waals surface area (Å²) in [5.41, 5.74) is 0.715. The quantitative estimate of drug-likeness (QED) is 0.775. The van der Waals surface area contributed by atoms with E-state index in [1.165, 1.54) is 30.2 Å². The lowest BCUT2D eigenvalue weighted by molar-refractivity contribution is 0.280. The summed E-state index contributed by atoms with van der Waals surface area (Å²) < 4.78 is 32.6. The van der Waals surface area contributed by atoms with Crippen molar-refractivity contribution in [2.45, 2.75) is 32.0 Å². The molecular formula is C14H13BrF2N2OS. The maximum atomic E-state index is 13.6. The molecule has 7 heteroatoms. The summed E-state index contributed by atoms with van der Waals surface area (Å²) in [6.07, 6.45) is 2.46. The summed E-state index contributed by atoms with van der Waals surface area (Å²) in [5, 5.41) is 6.22. The van der Waals surface area contributed by atoms with E-state index in [4.69, 9.17) is 4.74 Å². The number of hydrogen-bond acceptors (Lipinski definition) is 4. The van der Waals surface area contributed by atoms with Gasteiger partial charge in [-0.1, -0.05) is 15.9 Å². The van der Waals surface area contributed by atoms with Crippen molar-refractivity contribution in [1.82, 2.24) is 10.3 Å². The van der Waals surface area contributed by atoms with Gasteiger partial charge in [0.2, 0.25) is 5.82 Å². The van der Waals surface area contributed by atoms with Gasteiger partial charge in [0, 0.05) is 22.4 Å². The number of benzene rings is 1. The van der Waals surface area contributed by atoms with Crippen LogP contribution < -0.4 is 10.1 Å². The van der Waals surface area contributed by atoms with Crippen LogP contribution in [0.5, 0.6) is 5.75 Å². The van der Waals surface area contributed by atoms with Crippen molar-refractivity contribution in [2.75, 3.05) is 0 Å². The van der Waals surface area contributed by atoms with Gasteiger partial charge in [0.05, 0.1) is 5.69 Å². The van der Waals surface area contributed by atoms with Gasteiger partial charge in [-0.2, -0.15) is 4.39 Å². The average Bonchev–Trinajstić information content (AvgIpc) is 3.17. The van der Waals surface area contributed by atoms with E-state index in [0.29, 0.717) is 16.2 Å². The number of halogens is 3. The highest BCUT2D eigenvalue weighted by Crippen LogP contribution is 2.26. The van der Waals surface area contributed by atoms with Gasteiger partial charge in [0.15, 0.2) is 11.6 Å². The standard InChI is InChI=1S/C14H13BrF2N2OS/c15-8-3-11(16)14(17)12(4-8)20-6-10-7-21-13(19-10)5-18-9-1-2-9/h3-4,7,9,18H,1-2,5-6H2. The topological polar surface area (TPSA) is 34.1 Å². The van der Waals surface area contributed by atoms with E-state index >= 15 is 0 Å². The average molecular weight is 375 g/mol. The monoisotopic (exact) mass is 374 g/mol. The van der Waals surface area contributed by atoms with Crippen LogP contribution in [0.2, 0.25) is 0 Å². The molecule has 1 aliphatic carbocycles. The zero-order valence-corrected chi connectivity index (χ0v) is 13.4. The normalized spacial score (nSPS) is 14.4. The Labute approximate surface area is 133 Å². The van der Waals surface area contributed by atoms with E-state index in [1.54, 1.807) is 0 Å². The molecule has 0 saturated heterocycles. The molecule has 0 unspecified atom stereocenters. The van der Waals surface area contributed by atoms with Crippen molar-refractivity contribution in [3.8, 4) is 5.75 Å². The molecule has 21 heavy (non-hydrogen) atoms. The Morgan fingerprint density at radius 2 is 2.19 bits per heavy atom. The molecule has 0 spiro atoms. The smallest absolute Gasteiger partial charge is 0.200 e. The lowest BCUT2D eigenvalue weighted by atomic mass is 10.3. The highest BCUT2D eigenvalue weighted by atomic mass is 79.9. The molecule has 2 aromatic rings. The molecule has 1 aliphatic rings. The van der Waals surface area contributed by atoms with E-state index in [-0.39, 0.29) is 12.4 Å². The third-order valence-electron chi connectivity index (χ3n) is 3.05. The van der Waals surface area contributed by atoms with Gasteiger partial charge >= 0.3 is 0 Å². The Morgan fingerprint density at radius 1 is 1.38 bits per heavy atom. The Bertz CT molecular complexity index is 646. The first-order chi connectivity index (χ1) is 10.1. The molecule has 1 fully saturated rings. The van der Waals surface area contributed by atoms with Gasteiger partial charge in [-0.3, -0.25) is 0 Å². The van der Waals surface area contributed by atoms with Gasteiger partial charge in [-0.05, 0) is 25.0 Å². The van der Waals surface area contributed by atoms with E-state index in [0.717, 1.165) is 17.6 Å². The van der Waals surface area contributed by atoms with Gasteiger partial charge < -0.3 is 10.1 Å². The first-order valence-electron chi connectivity index (χ1n) is 6.56. The number of ether oxygens (including phenoxy) is 1. The Kier molecular flexibility index (Phi) is 4.51. The SMILES string of the molecule is Fc1cc(Br)cc(OCc2csc(CNC3CC3)n2)c1F. The van der Waals surface area contributed by atoms with E-state index < -0.39 is 11.6 Å². The first kappa shape index (κ1) is 14.9. The van der Waals surface area contributed by atoms with Crippen molar-refractivity contribution in [2.24, 2.45) is 0 Å². The number of hydrogen-bond donors (Lipinski definition) is 1. The predicted octanol–water partition coefficient (Wildman–Crippen LogP) is 4.01. The molecule has 0 atom stereocenters. The molecule has 0 aliphatic heterocycles. The molecule has 0 bridgehead atoms. The highest BCUT2D eigenvalue weighted by Gasteiger charge is 2.20. The van der Waals surface area contributed by atoms with Crippen LogP contribution in [-0.4, -0.2) is 11.0 Å². The van der Waals surface area contributed by atoms with Crippen LogP contribution in [-0.2, 0) is 13.2 Å². The van der Waals surface area contributed by atoms with Crippen LogP contribution in [0.15, 0.2) is 22.0 Å². The zero-order valence-electron chi connectivity index (χ0n) is 11.0. The maximum Gasteiger partial charge on any atom is 0.200 e. The molecule has 3 nitrogen and oxygen atoms in total. The summed E-state index contributed by atoms with van der Waals surface area (Å²) in [6, 6.07) is 3.10. The van der Waals surface area contributed by atoms with Gasteiger partial charge in [-0.15, -0.1) is 11.3 Å². The largest absolute Gasteiger partial charge is 0.484 e. The lowest BCUT2D eigenvalue weighted by Crippen LogP contribution is -2.15. The fourth-order valence-corrected chi connectivity index (χ4v) is 2.94. The third-order valence-corrected chi connectivity index (χ3v) is 4.41. The second-order valence-electron chi connectivity index (χ2n) is 4.88. The molecule has 3 rings (SSSR count). The number of rotatable bonds is 6. The number of nitrogens with one attached hydrogen (secondary N) is 1. The molecular weight excluding hydrogens is 362 g/mol. The number of aromatic nitrogens is 1. The van der Waals surface area contributed by atoms with Crippen LogP contribution in [0.3, 0.4) is 0 Å². The molecule has 112 valence electrons. The van der Waals surface area contributed by atoms with Crippen LogP contribution >= 0.6 is 27.3 Å². The predicted molar refractivity (Wildman–Crippen MR) is 80.4 cm³/mol. The van der Waals surface area contributed by atoms with Crippen LogP contribution in [0, 0.1) is 11.6 Å². The minimum absolute atomic E-state index is 0.118. The van der Waals surface area contributed by atoms with Crippen molar-refractivity contribution in [3.63, 3.8) is 0 Å². The van der Waals surface area contributed by atoms with Crippen LogP contribution in [0.1, 0.15) is 23.5 Å². The Hall–Kier alpha value is -1.05. The number of thiazole rings is 1. The van der Waals surface area contributed by atoms with Gasteiger partial charge in [-0.25, -0.2) is 9.37 Å². The molecule has 0 amide bonds. The molecule has 1 N–H and O–H groups in total. The molecule has 0 radical (unpaired) electrons. The molecule has 1 aromatic heterocycles. The highest BCUT2D eigenvalue weighted by molar-refractivity contribution is 9.10. The van der Waals surface area contributed by atoms with Crippen molar-refractivity contribution in [3.05, 3.63) is 44.3 Å². The van der Waals surface area contributed by atoms with E-state index in [1.807, 2.05) is 5.38 Å². The first-order valence-corrected chi connectivity index (χ1v) is 8.23. The molecule has 1 aromatic carbocycles. The Balaban J connectivity index is 1.59. The van der Waals surface area contributed by atoms with Crippen molar-refractivity contribution in [1.29, 1.82) is 0 Å².